The van der Waals surface area contributed by atoms with E-state index in [-0.39, 0.29) is 11.8 Å². The number of methoxy groups -OCH3 is 1. The number of benzene rings is 2. The lowest BCUT2D eigenvalue weighted by Crippen LogP contribution is -2.24. The summed E-state index contributed by atoms with van der Waals surface area (Å²) in [6, 6.07) is 12.5. The van der Waals surface area contributed by atoms with Gasteiger partial charge in [-0.05, 0) is 43.7 Å². The molecule has 1 N–H and O–H groups in total. The number of rotatable bonds is 5. The van der Waals surface area contributed by atoms with Crippen LogP contribution in [0.3, 0.4) is 0 Å². The summed E-state index contributed by atoms with van der Waals surface area (Å²) in [4.78, 5) is 26.6. The Morgan fingerprint density at radius 3 is 2.77 bits per heavy atom. The van der Waals surface area contributed by atoms with Crippen LogP contribution in [0.2, 0.25) is 5.02 Å². The van der Waals surface area contributed by atoms with Gasteiger partial charge in [-0.25, -0.2) is 4.68 Å². The summed E-state index contributed by atoms with van der Waals surface area (Å²) < 4.78 is 7.13. The number of hydrogen-bond donors (Lipinski definition) is 1. The van der Waals surface area contributed by atoms with Gasteiger partial charge in [0.25, 0.3) is 5.91 Å². The van der Waals surface area contributed by atoms with Crippen LogP contribution in [0.1, 0.15) is 28.9 Å². The molecule has 0 radical (unpaired) electrons. The van der Waals surface area contributed by atoms with Crippen LogP contribution >= 0.6 is 11.6 Å². The molecule has 4 rings (SSSR count). The van der Waals surface area contributed by atoms with Crippen molar-refractivity contribution in [3.05, 3.63) is 64.9 Å². The zero-order valence-electron chi connectivity index (χ0n) is 16.7. The second-order valence-electron chi connectivity index (χ2n) is 7.03. The number of aromatic nitrogens is 2. The van der Waals surface area contributed by atoms with Crippen molar-refractivity contribution in [3.63, 3.8) is 0 Å². The lowest BCUT2D eigenvalue weighted by atomic mass is 10.2. The van der Waals surface area contributed by atoms with Crippen molar-refractivity contribution < 1.29 is 14.3 Å². The average molecular weight is 425 g/mol. The number of hydrogen-bond acceptors (Lipinski definition) is 4. The summed E-state index contributed by atoms with van der Waals surface area (Å²) in [5.74, 6) is 0.330. The SMILES string of the molecule is COc1cc(NC(=O)c2cnn(-c3cccc(Cl)c3)c2C)ccc1N1CCCC1=O. The highest BCUT2D eigenvalue weighted by Crippen LogP contribution is 2.34. The first kappa shape index (κ1) is 20.0. The minimum Gasteiger partial charge on any atom is -0.494 e. The summed E-state index contributed by atoms with van der Waals surface area (Å²) in [5, 5.41) is 7.80. The van der Waals surface area contributed by atoms with Gasteiger partial charge in [-0.1, -0.05) is 17.7 Å². The Hall–Kier alpha value is -3.32. The molecule has 0 bridgehead atoms. The third kappa shape index (κ3) is 3.76. The van der Waals surface area contributed by atoms with E-state index in [1.165, 1.54) is 6.20 Å². The Kier molecular flexibility index (Phi) is 5.46. The van der Waals surface area contributed by atoms with Crippen molar-refractivity contribution in [2.75, 3.05) is 23.9 Å². The second-order valence-corrected chi connectivity index (χ2v) is 7.46. The molecule has 0 unspecified atom stereocenters. The molecular formula is C22H21ClN4O3. The summed E-state index contributed by atoms with van der Waals surface area (Å²) >= 11 is 6.06. The average Bonchev–Trinajstić information content (AvgIpc) is 3.33. The fourth-order valence-electron chi connectivity index (χ4n) is 3.58. The van der Waals surface area contributed by atoms with Crippen LogP contribution in [-0.2, 0) is 4.79 Å². The fourth-order valence-corrected chi connectivity index (χ4v) is 3.76. The van der Waals surface area contributed by atoms with Crippen LogP contribution in [0.5, 0.6) is 5.75 Å². The zero-order valence-corrected chi connectivity index (χ0v) is 17.4. The largest absolute Gasteiger partial charge is 0.494 e. The third-order valence-electron chi connectivity index (χ3n) is 5.11. The molecule has 7 nitrogen and oxygen atoms in total. The van der Waals surface area contributed by atoms with E-state index in [4.69, 9.17) is 16.3 Å². The molecule has 0 saturated carbocycles. The Balaban J connectivity index is 1.56. The Morgan fingerprint density at radius 1 is 1.23 bits per heavy atom. The first-order valence-corrected chi connectivity index (χ1v) is 9.96. The molecule has 0 atom stereocenters. The number of ether oxygens (including phenoxy) is 1. The van der Waals surface area contributed by atoms with E-state index in [0.717, 1.165) is 12.1 Å². The zero-order chi connectivity index (χ0) is 21.3. The van der Waals surface area contributed by atoms with Crippen LogP contribution in [-0.4, -0.2) is 35.2 Å². The summed E-state index contributed by atoms with van der Waals surface area (Å²) in [7, 11) is 1.55. The molecule has 0 spiro atoms. The van der Waals surface area contributed by atoms with Gasteiger partial charge in [-0.3, -0.25) is 9.59 Å². The van der Waals surface area contributed by atoms with E-state index >= 15 is 0 Å². The molecule has 3 aromatic rings. The highest BCUT2D eigenvalue weighted by atomic mass is 35.5. The summed E-state index contributed by atoms with van der Waals surface area (Å²) in [5.41, 5.74) is 3.21. The van der Waals surface area contributed by atoms with Crippen molar-refractivity contribution in [1.82, 2.24) is 9.78 Å². The molecule has 2 heterocycles. The topological polar surface area (TPSA) is 76.5 Å². The molecule has 1 saturated heterocycles. The molecule has 2 aromatic carbocycles. The van der Waals surface area contributed by atoms with E-state index in [1.54, 1.807) is 47.0 Å². The molecule has 0 aliphatic carbocycles. The first-order valence-electron chi connectivity index (χ1n) is 9.58. The van der Waals surface area contributed by atoms with Crippen molar-refractivity contribution in [1.29, 1.82) is 0 Å². The summed E-state index contributed by atoms with van der Waals surface area (Å²) in [6.45, 7) is 2.49. The lowest BCUT2D eigenvalue weighted by molar-refractivity contribution is -0.117. The van der Waals surface area contributed by atoms with E-state index in [0.29, 0.717) is 46.4 Å². The van der Waals surface area contributed by atoms with Crippen molar-refractivity contribution in [2.45, 2.75) is 19.8 Å². The van der Waals surface area contributed by atoms with Gasteiger partial charge in [0.1, 0.15) is 5.75 Å². The number of nitrogens with one attached hydrogen (secondary N) is 1. The van der Waals surface area contributed by atoms with Crippen molar-refractivity contribution in [3.8, 4) is 11.4 Å². The van der Waals surface area contributed by atoms with Gasteiger partial charge in [-0.15, -0.1) is 0 Å². The number of amides is 2. The smallest absolute Gasteiger partial charge is 0.259 e. The summed E-state index contributed by atoms with van der Waals surface area (Å²) in [6.07, 6.45) is 2.90. The molecule has 30 heavy (non-hydrogen) atoms. The fraction of sp³-hybridized carbons (Fsp3) is 0.227. The quantitative estimate of drug-likeness (QED) is 0.665. The maximum atomic E-state index is 12.8. The molecule has 1 fully saturated rings. The van der Waals surface area contributed by atoms with Crippen LogP contribution in [0.4, 0.5) is 11.4 Å². The number of nitrogens with zero attached hydrogens (tertiary/aromatic N) is 3. The maximum Gasteiger partial charge on any atom is 0.259 e. The van der Waals surface area contributed by atoms with E-state index in [9.17, 15) is 9.59 Å². The second kappa shape index (κ2) is 8.20. The van der Waals surface area contributed by atoms with Gasteiger partial charge in [-0.2, -0.15) is 5.10 Å². The van der Waals surface area contributed by atoms with Crippen LogP contribution in [0.25, 0.3) is 5.69 Å². The van der Waals surface area contributed by atoms with E-state index < -0.39 is 0 Å². The van der Waals surface area contributed by atoms with Gasteiger partial charge in [0.05, 0.1) is 35.9 Å². The monoisotopic (exact) mass is 424 g/mol. The van der Waals surface area contributed by atoms with E-state index in [1.807, 2.05) is 19.1 Å². The molecule has 2 amide bonds. The Morgan fingerprint density at radius 2 is 2.07 bits per heavy atom. The third-order valence-corrected chi connectivity index (χ3v) is 5.34. The predicted octanol–water partition coefficient (Wildman–Crippen LogP) is 4.22. The molecule has 1 aliphatic rings. The first-order chi connectivity index (χ1) is 14.5. The number of anilines is 2. The van der Waals surface area contributed by atoms with Gasteiger partial charge in [0.15, 0.2) is 0 Å². The molecule has 8 heteroatoms. The Labute approximate surface area is 179 Å². The standard InChI is InChI=1S/C22H21ClN4O3/c1-14-18(13-24-27(14)17-6-3-5-15(23)11-17)22(29)25-16-8-9-19(20(12-16)30-2)26-10-4-7-21(26)28/h3,5-6,8-9,11-13H,4,7,10H2,1-2H3,(H,25,29). The number of halogens is 1. The normalized spacial score (nSPS) is 13.6. The van der Waals surface area contributed by atoms with Gasteiger partial charge in [0.2, 0.25) is 5.91 Å². The van der Waals surface area contributed by atoms with E-state index in [2.05, 4.69) is 10.4 Å². The molecule has 1 aromatic heterocycles. The highest BCUT2D eigenvalue weighted by molar-refractivity contribution is 6.30. The Bertz CT molecular complexity index is 1130. The maximum absolute atomic E-state index is 12.8. The van der Waals surface area contributed by atoms with Gasteiger partial charge in [0, 0.05) is 29.7 Å². The van der Waals surface area contributed by atoms with Crippen molar-refractivity contribution in [2.24, 2.45) is 0 Å². The minimum absolute atomic E-state index is 0.0779. The van der Waals surface area contributed by atoms with Crippen LogP contribution in [0, 0.1) is 6.92 Å². The van der Waals surface area contributed by atoms with Gasteiger partial charge >= 0.3 is 0 Å². The van der Waals surface area contributed by atoms with Crippen LogP contribution in [0.15, 0.2) is 48.7 Å². The minimum atomic E-state index is -0.284. The molecule has 154 valence electrons. The molecular weight excluding hydrogens is 404 g/mol. The predicted molar refractivity (Wildman–Crippen MR) is 116 cm³/mol. The number of carbonyl (C=O) groups excluding carboxylic acids is 2. The highest BCUT2D eigenvalue weighted by Gasteiger charge is 2.25. The lowest BCUT2D eigenvalue weighted by Gasteiger charge is -2.19. The number of carbonyl (C=O) groups is 2. The van der Waals surface area contributed by atoms with Crippen molar-refractivity contribution >= 4 is 34.8 Å². The van der Waals surface area contributed by atoms with Crippen LogP contribution < -0.4 is 15.0 Å². The van der Waals surface area contributed by atoms with Gasteiger partial charge < -0.3 is 15.0 Å². The molecule has 1 aliphatic heterocycles.